The largest absolute Gasteiger partial charge is 0.497 e. The van der Waals surface area contributed by atoms with Crippen molar-refractivity contribution >= 4 is 6.29 Å². The summed E-state index contributed by atoms with van der Waals surface area (Å²) in [6, 6.07) is 17.7. The van der Waals surface area contributed by atoms with Crippen LogP contribution in [0.2, 0.25) is 0 Å². The van der Waals surface area contributed by atoms with Gasteiger partial charge in [-0.1, -0.05) is 44.5 Å². The number of methoxy groups -OCH3 is 1. The summed E-state index contributed by atoms with van der Waals surface area (Å²) in [7, 11) is 1.61. The summed E-state index contributed by atoms with van der Waals surface area (Å²) < 4.78 is 26.8. The van der Waals surface area contributed by atoms with Gasteiger partial charge in [-0.15, -0.1) is 0 Å². The Hall–Kier alpha value is -3.14. The van der Waals surface area contributed by atoms with Crippen LogP contribution in [-0.2, 0) is 23.2 Å². The average molecular weight is 513 g/mol. The van der Waals surface area contributed by atoms with Crippen molar-refractivity contribution in [3.05, 3.63) is 82.7 Å². The van der Waals surface area contributed by atoms with E-state index < -0.39 is 0 Å². The molecule has 3 aromatic rings. The van der Waals surface area contributed by atoms with Crippen molar-refractivity contribution in [2.45, 2.75) is 76.7 Å². The van der Waals surface area contributed by atoms with Crippen molar-refractivity contribution in [1.82, 2.24) is 0 Å². The van der Waals surface area contributed by atoms with E-state index in [9.17, 15) is 4.79 Å². The van der Waals surface area contributed by atoms with Gasteiger partial charge in [-0.3, -0.25) is 0 Å². The van der Waals surface area contributed by atoms with Crippen LogP contribution in [0.1, 0.15) is 80.5 Å². The minimum Gasteiger partial charge on any atom is -0.497 e. The highest BCUT2D eigenvalue weighted by atomic mass is 19.1. The number of carbonyl (C=O) groups is 1. The molecule has 0 saturated heterocycles. The van der Waals surface area contributed by atoms with Gasteiger partial charge < -0.3 is 14.3 Å². The van der Waals surface area contributed by atoms with Crippen LogP contribution in [0.4, 0.5) is 4.39 Å². The Kier molecular flexibility index (Phi) is 6.32. The molecule has 2 fully saturated rings. The highest BCUT2D eigenvalue weighted by molar-refractivity contribution is 5.71. The molecule has 3 aliphatic carbocycles. The van der Waals surface area contributed by atoms with E-state index in [4.69, 9.17) is 9.47 Å². The number of fused-ring (bicyclic) bond motifs is 2. The fraction of sp³-hybridized carbons (Fsp3) is 0.441. The molecule has 4 heteroatoms. The molecule has 0 aliphatic heterocycles. The number of carbonyl (C=O) groups excluding carboxylic acids is 1. The van der Waals surface area contributed by atoms with Crippen molar-refractivity contribution in [3.8, 4) is 22.6 Å². The molecule has 3 nitrogen and oxygen atoms in total. The van der Waals surface area contributed by atoms with Crippen LogP contribution >= 0.6 is 0 Å². The molecule has 198 valence electrons. The molecular weight excluding hydrogens is 475 g/mol. The number of aryl methyl sites for hydroxylation is 1. The van der Waals surface area contributed by atoms with Gasteiger partial charge in [-0.25, -0.2) is 4.39 Å². The molecule has 0 bridgehead atoms. The van der Waals surface area contributed by atoms with Crippen LogP contribution in [-0.4, -0.2) is 13.4 Å². The summed E-state index contributed by atoms with van der Waals surface area (Å²) in [5.41, 5.74) is 6.65. The molecule has 6 rings (SSSR count). The summed E-state index contributed by atoms with van der Waals surface area (Å²) in [4.78, 5) is 11.7. The average Bonchev–Trinajstić information content (AvgIpc) is 3.48. The fourth-order valence-electron chi connectivity index (χ4n) is 7.47. The van der Waals surface area contributed by atoms with Crippen molar-refractivity contribution in [2.24, 2.45) is 11.3 Å². The number of hydrogen-bond acceptors (Lipinski definition) is 3. The second kappa shape index (κ2) is 9.55. The van der Waals surface area contributed by atoms with Gasteiger partial charge in [0.2, 0.25) is 0 Å². The Labute approximate surface area is 225 Å². The maximum atomic E-state index is 15.1. The van der Waals surface area contributed by atoms with E-state index in [1.54, 1.807) is 19.2 Å². The van der Waals surface area contributed by atoms with E-state index >= 15 is 4.39 Å². The van der Waals surface area contributed by atoms with E-state index in [-0.39, 0.29) is 22.6 Å². The van der Waals surface area contributed by atoms with E-state index in [1.165, 1.54) is 29.2 Å². The molecule has 0 aromatic heterocycles. The fourth-order valence-corrected chi connectivity index (χ4v) is 7.47. The first-order valence-electron chi connectivity index (χ1n) is 14.0. The maximum Gasteiger partial charge on any atom is 0.131 e. The Bertz CT molecular complexity index is 1380. The summed E-state index contributed by atoms with van der Waals surface area (Å²) >= 11 is 0. The van der Waals surface area contributed by atoms with E-state index in [0.717, 1.165) is 61.7 Å². The number of ether oxygens (including phenoxy) is 2. The first kappa shape index (κ1) is 25.2. The maximum absolute atomic E-state index is 15.1. The van der Waals surface area contributed by atoms with Gasteiger partial charge in [-0.2, -0.15) is 0 Å². The zero-order valence-corrected chi connectivity index (χ0v) is 22.7. The third-order valence-electron chi connectivity index (χ3n) is 9.85. The molecule has 3 aliphatic rings. The number of aldehydes is 1. The summed E-state index contributed by atoms with van der Waals surface area (Å²) in [5.74, 6) is 1.77. The van der Waals surface area contributed by atoms with Gasteiger partial charge in [0.05, 0.1) is 7.11 Å². The molecule has 0 amide bonds. The standard InChI is InChI=1S/C34H37FO3/c1-33(2)14-4-5-30(33)28-17-22(6-10-27(28)29-18-25(37-3)9-11-32(29)35)21-38-26-8-7-23-12-15-34(31(23)19-26)16-13-24(34)20-36/h6-11,17-20,24,30H,4-5,12-16,21H2,1-3H3/t24-,30+,34-/m1/s1. The topological polar surface area (TPSA) is 35.5 Å². The van der Waals surface area contributed by atoms with Crippen molar-refractivity contribution in [2.75, 3.05) is 7.11 Å². The van der Waals surface area contributed by atoms with Gasteiger partial charge in [0.15, 0.2) is 0 Å². The lowest BCUT2D eigenvalue weighted by molar-refractivity contribution is -0.116. The highest BCUT2D eigenvalue weighted by Gasteiger charge is 2.51. The monoisotopic (exact) mass is 512 g/mol. The molecule has 1 spiro atoms. The molecule has 3 atom stereocenters. The highest BCUT2D eigenvalue weighted by Crippen LogP contribution is 2.56. The quantitative estimate of drug-likeness (QED) is 0.300. The van der Waals surface area contributed by atoms with Crippen LogP contribution in [0.3, 0.4) is 0 Å². The number of hydrogen-bond donors (Lipinski definition) is 0. The van der Waals surface area contributed by atoms with Gasteiger partial charge in [0.1, 0.15) is 30.2 Å². The first-order chi connectivity index (χ1) is 18.3. The van der Waals surface area contributed by atoms with Gasteiger partial charge in [0.25, 0.3) is 0 Å². The molecule has 2 saturated carbocycles. The second-order valence-electron chi connectivity index (χ2n) is 12.2. The van der Waals surface area contributed by atoms with Crippen LogP contribution in [0.5, 0.6) is 11.5 Å². The van der Waals surface area contributed by atoms with Gasteiger partial charge in [-0.05, 0) is 108 Å². The Morgan fingerprint density at radius 3 is 2.50 bits per heavy atom. The number of halogens is 1. The molecule has 0 unspecified atom stereocenters. The van der Waals surface area contributed by atoms with Crippen molar-refractivity contribution < 1.29 is 18.7 Å². The predicted molar refractivity (Wildman–Crippen MR) is 148 cm³/mol. The lowest BCUT2D eigenvalue weighted by Gasteiger charge is -2.45. The lowest BCUT2D eigenvalue weighted by Crippen LogP contribution is -2.43. The van der Waals surface area contributed by atoms with E-state index in [0.29, 0.717) is 23.8 Å². The molecule has 3 aromatic carbocycles. The third-order valence-corrected chi connectivity index (χ3v) is 9.85. The van der Waals surface area contributed by atoms with Crippen molar-refractivity contribution in [3.63, 3.8) is 0 Å². The normalized spacial score (nSPS) is 25.2. The smallest absolute Gasteiger partial charge is 0.131 e. The lowest BCUT2D eigenvalue weighted by atomic mass is 9.58. The molecular formula is C34H37FO3. The van der Waals surface area contributed by atoms with Gasteiger partial charge >= 0.3 is 0 Å². The zero-order valence-electron chi connectivity index (χ0n) is 22.7. The zero-order chi connectivity index (χ0) is 26.5. The minimum absolute atomic E-state index is 0.0279. The van der Waals surface area contributed by atoms with Gasteiger partial charge in [0, 0.05) is 16.9 Å². The molecule has 0 N–H and O–H groups in total. The Morgan fingerprint density at radius 2 is 1.79 bits per heavy atom. The van der Waals surface area contributed by atoms with Crippen LogP contribution in [0, 0.1) is 17.2 Å². The Morgan fingerprint density at radius 1 is 0.947 bits per heavy atom. The van der Waals surface area contributed by atoms with Crippen molar-refractivity contribution in [1.29, 1.82) is 0 Å². The minimum atomic E-state index is -0.233. The molecule has 38 heavy (non-hydrogen) atoms. The van der Waals surface area contributed by atoms with Crippen LogP contribution in [0.25, 0.3) is 11.1 Å². The SMILES string of the molecule is COc1ccc(F)c(-c2ccc(COc3ccc4c(c3)[C@]3(CC4)CC[C@@H]3C=O)cc2[C@@H]2CCCC2(C)C)c1. The van der Waals surface area contributed by atoms with Crippen LogP contribution < -0.4 is 9.47 Å². The number of rotatable bonds is 7. The predicted octanol–water partition coefficient (Wildman–Crippen LogP) is 8.17. The third kappa shape index (κ3) is 4.13. The summed E-state index contributed by atoms with van der Waals surface area (Å²) in [5, 5.41) is 0. The first-order valence-corrected chi connectivity index (χ1v) is 14.0. The summed E-state index contributed by atoms with van der Waals surface area (Å²) in [6.07, 6.45) is 8.80. The van der Waals surface area contributed by atoms with E-state index in [1.807, 2.05) is 0 Å². The van der Waals surface area contributed by atoms with E-state index in [2.05, 4.69) is 50.2 Å². The van der Waals surface area contributed by atoms with Crippen LogP contribution in [0.15, 0.2) is 54.6 Å². The Balaban J connectivity index is 1.31. The number of benzene rings is 3. The molecule has 0 radical (unpaired) electrons. The summed E-state index contributed by atoms with van der Waals surface area (Å²) in [6.45, 7) is 5.10. The molecule has 0 heterocycles. The second-order valence-corrected chi connectivity index (χ2v) is 12.2.